The van der Waals surface area contributed by atoms with Crippen molar-refractivity contribution in [2.75, 3.05) is 0 Å². The summed E-state index contributed by atoms with van der Waals surface area (Å²) in [4.78, 5) is 0. The summed E-state index contributed by atoms with van der Waals surface area (Å²) in [6, 6.07) is 0. The van der Waals surface area contributed by atoms with Gasteiger partial charge in [0.05, 0.1) is 17.8 Å². The standard InChI is InChI=1S/C11H14O2/c1-11(12)7-4-8-9(11)6-3-2-5(7)10(6)13-8/h2-3,5-10,12H,4H2,1H3. The van der Waals surface area contributed by atoms with Gasteiger partial charge in [0.15, 0.2) is 0 Å². The van der Waals surface area contributed by atoms with E-state index in [0.29, 0.717) is 35.9 Å². The van der Waals surface area contributed by atoms with Crippen LogP contribution in [0.25, 0.3) is 0 Å². The highest BCUT2D eigenvalue weighted by molar-refractivity contribution is 5.28. The monoisotopic (exact) mass is 178 g/mol. The fraction of sp³-hybridized carbons (Fsp3) is 0.818. The van der Waals surface area contributed by atoms with Crippen LogP contribution in [0.2, 0.25) is 0 Å². The van der Waals surface area contributed by atoms with Crippen molar-refractivity contribution in [3.63, 3.8) is 0 Å². The molecule has 2 nitrogen and oxygen atoms in total. The van der Waals surface area contributed by atoms with Crippen LogP contribution >= 0.6 is 0 Å². The van der Waals surface area contributed by atoms with Crippen LogP contribution in [0.4, 0.5) is 0 Å². The van der Waals surface area contributed by atoms with E-state index in [0.717, 1.165) is 6.42 Å². The highest BCUT2D eigenvalue weighted by Crippen LogP contribution is 2.64. The van der Waals surface area contributed by atoms with Crippen LogP contribution in [-0.4, -0.2) is 22.9 Å². The molecule has 0 radical (unpaired) electrons. The van der Waals surface area contributed by atoms with E-state index < -0.39 is 5.60 Å². The van der Waals surface area contributed by atoms with Crippen LogP contribution in [0.1, 0.15) is 13.3 Å². The van der Waals surface area contributed by atoms with Crippen LogP contribution in [-0.2, 0) is 4.74 Å². The minimum Gasteiger partial charge on any atom is -0.389 e. The van der Waals surface area contributed by atoms with Crippen molar-refractivity contribution in [1.29, 1.82) is 0 Å². The van der Waals surface area contributed by atoms with E-state index in [9.17, 15) is 5.11 Å². The van der Waals surface area contributed by atoms with Gasteiger partial charge in [-0.2, -0.15) is 0 Å². The van der Waals surface area contributed by atoms with E-state index >= 15 is 0 Å². The highest BCUT2D eigenvalue weighted by Gasteiger charge is 2.69. The molecule has 0 amide bonds. The van der Waals surface area contributed by atoms with Crippen LogP contribution in [0.5, 0.6) is 0 Å². The molecule has 5 rings (SSSR count). The van der Waals surface area contributed by atoms with Crippen molar-refractivity contribution >= 4 is 0 Å². The Hall–Kier alpha value is -0.340. The summed E-state index contributed by atoms with van der Waals surface area (Å²) in [6.07, 6.45) is 6.43. The van der Waals surface area contributed by atoms with Crippen molar-refractivity contribution < 1.29 is 9.84 Å². The van der Waals surface area contributed by atoms with Gasteiger partial charge in [0.1, 0.15) is 0 Å². The lowest BCUT2D eigenvalue weighted by molar-refractivity contribution is -0.0913. The third-order valence-corrected chi connectivity index (χ3v) is 4.84. The van der Waals surface area contributed by atoms with Gasteiger partial charge < -0.3 is 9.84 Å². The zero-order chi connectivity index (χ0) is 8.79. The number of ether oxygens (including phenoxy) is 1. The van der Waals surface area contributed by atoms with E-state index in [2.05, 4.69) is 12.2 Å². The lowest BCUT2D eigenvalue weighted by Crippen LogP contribution is -2.49. The third kappa shape index (κ3) is 0.546. The average Bonchev–Trinajstić information content (AvgIpc) is 2.55. The molecule has 6 bridgehead atoms. The predicted octanol–water partition coefficient (Wildman–Crippen LogP) is 0.957. The van der Waals surface area contributed by atoms with Crippen LogP contribution in [0, 0.1) is 23.7 Å². The van der Waals surface area contributed by atoms with Gasteiger partial charge in [-0.15, -0.1) is 0 Å². The summed E-state index contributed by atoms with van der Waals surface area (Å²) in [5.74, 6) is 1.88. The van der Waals surface area contributed by atoms with Crippen molar-refractivity contribution in [3.05, 3.63) is 12.2 Å². The van der Waals surface area contributed by atoms with Gasteiger partial charge >= 0.3 is 0 Å². The topological polar surface area (TPSA) is 29.5 Å². The average molecular weight is 178 g/mol. The molecule has 7 unspecified atom stereocenters. The predicted molar refractivity (Wildman–Crippen MR) is 47.0 cm³/mol. The number of rotatable bonds is 0. The summed E-state index contributed by atoms with van der Waals surface area (Å²) in [5.41, 5.74) is -0.462. The zero-order valence-electron chi connectivity index (χ0n) is 7.68. The quantitative estimate of drug-likeness (QED) is 0.560. The maximum absolute atomic E-state index is 10.4. The van der Waals surface area contributed by atoms with Gasteiger partial charge in [-0.1, -0.05) is 12.2 Å². The molecule has 1 N–H and O–H groups in total. The van der Waals surface area contributed by atoms with Gasteiger partial charge in [0.25, 0.3) is 0 Å². The summed E-state index contributed by atoms with van der Waals surface area (Å²) in [6.45, 7) is 2.01. The van der Waals surface area contributed by atoms with E-state index in [1.807, 2.05) is 6.92 Å². The van der Waals surface area contributed by atoms with E-state index in [-0.39, 0.29) is 0 Å². The number of hydrogen-bond acceptors (Lipinski definition) is 2. The Morgan fingerprint density at radius 3 is 3.00 bits per heavy atom. The molecule has 0 aromatic rings. The Balaban J connectivity index is 1.95. The summed E-state index contributed by atoms with van der Waals surface area (Å²) >= 11 is 0. The largest absolute Gasteiger partial charge is 0.389 e. The molecule has 2 aliphatic heterocycles. The van der Waals surface area contributed by atoms with Gasteiger partial charge in [-0.05, 0) is 19.3 Å². The molecule has 3 aliphatic carbocycles. The molecular formula is C11H14O2. The van der Waals surface area contributed by atoms with Gasteiger partial charge in [0, 0.05) is 17.8 Å². The maximum Gasteiger partial charge on any atom is 0.0714 e. The molecule has 0 aromatic heterocycles. The van der Waals surface area contributed by atoms with E-state index in [1.54, 1.807) is 0 Å². The molecule has 2 saturated carbocycles. The van der Waals surface area contributed by atoms with Crippen molar-refractivity contribution in [2.45, 2.75) is 31.2 Å². The van der Waals surface area contributed by atoms with E-state index in [1.165, 1.54) is 0 Å². The third-order valence-electron chi connectivity index (χ3n) is 4.84. The Morgan fingerprint density at radius 1 is 1.38 bits per heavy atom. The first-order chi connectivity index (χ1) is 6.19. The number of hydrogen-bond donors (Lipinski definition) is 1. The second kappa shape index (κ2) is 1.73. The first-order valence-corrected chi connectivity index (χ1v) is 5.26. The zero-order valence-corrected chi connectivity index (χ0v) is 7.68. The lowest BCUT2D eigenvalue weighted by atomic mass is 9.68. The molecule has 2 heterocycles. The fourth-order valence-electron chi connectivity index (χ4n) is 4.39. The molecule has 4 fully saturated rings. The molecule has 5 aliphatic rings. The smallest absolute Gasteiger partial charge is 0.0714 e. The summed E-state index contributed by atoms with van der Waals surface area (Å²) in [7, 11) is 0. The molecule has 0 aromatic carbocycles. The molecule has 0 spiro atoms. The molecule has 2 saturated heterocycles. The molecule has 7 atom stereocenters. The van der Waals surface area contributed by atoms with Gasteiger partial charge in [-0.3, -0.25) is 0 Å². The van der Waals surface area contributed by atoms with Crippen LogP contribution in [0.3, 0.4) is 0 Å². The molecule has 70 valence electrons. The van der Waals surface area contributed by atoms with Crippen molar-refractivity contribution in [1.82, 2.24) is 0 Å². The Kier molecular flexibility index (Phi) is 0.935. The first kappa shape index (κ1) is 7.02. The normalized spacial score (nSPS) is 71.2. The summed E-state index contributed by atoms with van der Waals surface area (Å²) in [5, 5.41) is 10.4. The summed E-state index contributed by atoms with van der Waals surface area (Å²) < 4.78 is 5.95. The second-order valence-electron chi connectivity index (χ2n) is 5.27. The van der Waals surface area contributed by atoms with Crippen molar-refractivity contribution in [2.24, 2.45) is 23.7 Å². The van der Waals surface area contributed by atoms with Crippen LogP contribution in [0.15, 0.2) is 12.2 Å². The lowest BCUT2D eigenvalue weighted by Gasteiger charge is -2.41. The van der Waals surface area contributed by atoms with Gasteiger partial charge in [0.2, 0.25) is 0 Å². The number of aliphatic hydroxyl groups is 1. The van der Waals surface area contributed by atoms with Crippen molar-refractivity contribution in [3.8, 4) is 0 Å². The van der Waals surface area contributed by atoms with Crippen LogP contribution < -0.4 is 0 Å². The second-order valence-corrected chi connectivity index (χ2v) is 5.27. The minimum atomic E-state index is -0.462. The maximum atomic E-state index is 10.4. The Labute approximate surface area is 77.6 Å². The Bertz CT molecular complexity index is 299. The minimum absolute atomic E-state index is 0.358. The highest BCUT2D eigenvalue weighted by atomic mass is 16.5. The molecule has 13 heavy (non-hydrogen) atoms. The first-order valence-electron chi connectivity index (χ1n) is 5.26. The van der Waals surface area contributed by atoms with E-state index in [4.69, 9.17) is 4.74 Å². The van der Waals surface area contributed by atoms with Gasteiger partial charge in [-0.25, -0.2) is 0 Å². The fourth-order valence-corrected chi connectivity index (χ4v) is 4.39. The SMILES string of the molecule is CC1(O)C2CC3OC4C2C=CC4C31. The Morgan fingerprint density at radius 2 is 2.15 bits per heavy atom. The molecular weight excluding hydrogens is 164 g/mol. The molecule has 2 heteroatoms.